The van der Waals surface area contributed by atoms with Gasteiger partial charge in [-0.1, -0.05) is 13.8 Å². The SMILES string of the molecule is Cc1cc(F)c2nc(C(C)C)nn2c1. The third-order valence-electron chi connectivity index (χ3n) is 2.06. The van der Waals surface area contributed by atoms with Gasteiger partial charge >= 0.3 is 0 Å². The van der Waals surface area contributed by atoms with Crippen LogP contribution in [0.3, 0.4) is 0 Å². The molecule has 0 aromatic carbocycles. The molecule has 2 aromatic rings. The lowest BCUT2D eigenvalue weighted by molar-refractivity contribution is 0.626. The van der Waals surface area contributed by atoms with Crippen LogP contribution in [0.15, 0.2) is 12.3 Å². The van der Waals surface area contributed by atoms with Gasteiger partial charge in [0.1, 0.15) is 0 Å². The maximum atomic E-state index is 13.4. The highest BCUT2D eigenvalue weighted by Crippen LogP contribution is 2.14. The van der Waals surface area contributed by atoms with E-state index in [0.717, 1.165) is 5.56 Å². The highest BCUT2D eigenvalue weighted by Gasteiger charge is 2.10. The summed E-state index contributed by atoms with van der Waals surface area (Å²) < 4.78 is 14.9. The summed E-state index contributed by atoms with van der Waals surface area (Å²) in [7, 11) is 0. The molecule has 0 fully saturated rings. The molecule has 0 aliphatic heterocycles. The maximum Gasteiger partial charge on any atom is 0.191 e. The number of pyridine rings is 1. The van der Waals surface area contributed by atoms with Gasteiger partial charge in [-0.15, -0.1) is 0 Å². The molecule has 0 atom stereocenters. The van der Waals surface area contributed by atoms with Crippen molar-refractivity contribution in [1.29, 1.82) is 0 Å². The molecule has 0 bridgehead atoms. The fraction of sp³-hybridized carbons (Fsp3) is 0.400. The van der Waals surface area contributed by atoms with Gasteiger partial charge in [0.15, 0.2) is 17.3 Å². The number of hydrogen-bond acceptors (Lipinski definition) is 2. The molecular formula is C10H12FN3. The van der Waals surface area contributed by atoms with Gasteiger partial charge in [0, 0.05) is 12.1 Å². The minimum absolute atomic E-state index is 0.217. The van der Waals surface area contributed by atoms with E-state index in [1.165, 1.54) is 10.6 Å². The molecule has 4 heteroatoms. The van der Waals surface area contributed by atoms with Gasteiger partial charge in [-0.2, -0.15) is 5.10 Å². The first-order valence-corrected chi connectivity index (χ1v) is 4.60. The van der Waals surface area contributed by atoms with Crippen molar-refractivity contribution in [2.75, 3.05) is 0 Å². The van der Waals surface area contributed by atoms with Gasteiger partial charge in [0.25, 0.3) is 0 Å². The van der Waals surface area contributed by atoms with Crippen LogP contribution in [0.4, 0.5) is 4.39 Å². The third kappa shape index (κ3) is 1.36. The van der Waals surface area contributed by atoms with E-state index in [4.69, 9.17) is 0 Å². The number of fused-ring (bicyclic) bond motifs is 1. The molecule has 0 saturated carbocycles. The first-order chi connectivity index (χ1) is 6.58. The molecule has 0 saturated heterocycles. The van der Waals surface area contributed by atoms with Crippen molar-refractivity contribution in [2.24, 2.45) is 0 Å². The van der Waals surface area contributed by atoms with E-state index in [-0.39, 0.29) is 11.7 Å². The van der Waals surface area contributed by atoms with E-state index in [1.54, 1.807) is 6.20 Å². The molecule has 0 spiro atoms. The minimum Gasteiger partial charge on any atom is -0.218 e. The van der Waals surface area contributed by atoms with E-state index in [9.17, 15) is 4.39 Å². The molecule has 14 heavy (non-hydrogen) atoms. The van der Waals surface area contributed by atoms with Crippen LogP contribution in [-0.2, 0) is 0 Å². The van der Waals surface area contributed by atoms with Gasteiger partial charge in [0.05, 0.1) is 0 Å². The van der Waals surface area contributed by atoms with E-state index < -0.39 is 0 Å². The Morgan fingerprint density at radius 2 is 2.14 bits per heavy atom. The Balaban J connectivity index is 2.70. The van der Waals surface area contributed by atoms with E-state index in [2.05, 4.69) is 10.1 Å². The number of nitrogens with zero attached hydrogens (tertiary/aromatic N) is 3. The van der Waals surface area contributed by atoms with E-state index in [1.807, 2.05) is 20.8 Å². The summed E-state index contributed by atoms with van der Waals surface area (Å²) in [5.41, 5.74) is 1.15. The second-order valence-corrected chi connectivity index (χ2v) is 3.76. The van der Waals surface area contributed by atoms with E-state index in [0.29, 0.717) is 11.5 Å². The van der Waals surface area contributed by atoms with Crippen LogP contribution in [0.2, 0.25) is 0 Å². The van der Waals surface area contributed by atoms with Crippen molar-refractivity contribution in [3.8, 4) is 0 Å². The van der Waals surface area contributed by atoms with E-state index >= 15 is 0 Å². The van der Waals surface area contributed by atoms with Crippen LogP contribution in [0, 0.1) is 12.7 Å². The average Bonchev–Trinajstić information content (AvgIpc) is 2.47. The van der Waals surface area contributed by atoms with Gasteiger partial charge in [0.2, 0.25) is 0 Å². The first-order valence-electron chi connectivity index (χ1n) is 4.60. The molecule has 0 amide bonds. The summed E-state index contributed by atoms with van der Waals surface area (Å²) in [5.74, 6) is 0.577. The monoisotopic (exact) mass is 193 g/mol. The second-order valence-electron chi connectivity index (χ2n) is 3.76. The van der Waals surface area contributed by atoms with Crippen LogP contribution in [-0.4, -0.2) is 14.6 Å². The highest BCUT2D eigenvalue weighted by molar-refractivity contribution is 5.40. The lowest BCUT2D eigenvalue weighted by atomic mass is 10.2. The predicted molar refractivity (Wildman–Crippen MR) is 51.8 cm³/mol. The number of halogens is 1. The fourth-order valence-electron chi connectivity index (χ4n) is 1.33. The van der Waals surface area contributed by atoms with Crippen molar-refractivity contribution < 1.29 is 4.39 Å². The molecular weight excluding hydrogens is 181 g/mol. The van der Waals surface area contributed by atoms with Crippen LogP contribution in [0.5, 0.6) is 0 Å². The quantitative estimate of drug-likeness (QED) is 0.695. The topological polar surface area (TPSA) is 30.2 Å². The number of rotatable bonds is 1. The minimum atomic E-state index is -0.315. The molecule has 0 aliphatic carbocycles. The largest absolute Gasteiger partial charge is 0.218 e. The first kappa shape index (κ1) is 9.12. The Bertz CT molecular complexity index is 473. The predicted octanol–water partition coefficient (Wildman–Crippen LogP) is 2.30. The van der Waals surface area contributed by atoms with Gasteiger partial charge < -0.3 is 0 Å². The van der Waals surface area contributed by atoms with Gasteiger partial charge in [-0.3, -0.25) is 0 Å². The molecule has 0 N–H and O–H groups in total. The van der Waals surface area contributed by atoms with Crippen LogP contribution < -0.4 is 0 Å². The zero-order valence-electron chi connectivity index (χ0n) is 8.45. The van der Waals surface area contributed by atoms with Crippen LogP contribution in [0.1, 0.15) is 31.2 Å². The van der Waals surface area contributed by atoms with Crippen LogP contribution in [0.25, 0.3) is 5.65 Å². The smallest absolute Gasteiger partial charge is 0.191 e. The lowest BCUT2D eigenvalue weighted by Gasteiger charge is -1.94. The average molecular weight is 193 g/mol. The Morgan fingerprint density at radius 3 is 2.79 bits per heavy atom. The Kier molecular flexibility index (Phi) is 1.98. The summed E-state index contributed by atoms with van der Waals surface area (Å²) >= 11 is 0. The molecule has 0 radical (unpaired) electrons. The summed E-state index contributed by atoms with van der Waals surface area (Å²) in [6.45, 7) is 5.80. The maximum absolute atomic E-state index is 13.4. The zero-order chi connectivity index (χ0) is 10.3. The summed E-state index contributed by atoms with van der Waals surface area (Å²) in [6, 6.07) is 1.47. The Morgan fingerprint density at radius 1 is 1.43 bits per heavy atom. The lowest BCUT2D eigenvalue weighted by Crippen LogP contribution is -1.93. The standard InChI is InChI=1S/C10H12FN3/c1-6(2)9-12-10-8(11)4-7(3)5-14(10)13-9/h4-6H,1-3H3. The summed E-state index contributed by atoms with van der Waals surface area (Å²) in [6.07, 6.45) is 1.78. The van der Waals surface area contributed by atoms with Gasteiger partial charge in [-0.25, -0.2) is 13.9 Å². The van der Waals surface area contributed by atoms with Crippen molar-refractivity contribution in [2.45, 2.75) is 26.7 Å². The van der Waals surface area contributed by atoms with Crippen molar-refractivity contribution in [1.82, 2.24) is 14.6 Å². The molecule has 0 aliphatic rings. The summed E-state index contributed by atoms with van der Waals surface area (Å²) in [4.78, 5) is 4.13. The Labute approximate surface area is 81.6 Å². The fourth-order valence-corrected chi connectivity index (χ4v) is 1.33. The van der Waals surface area contributed by atoms with Gasteiger partial charge in [-0.05, 0) is 18.6 Å². The van der Waals surface area contributed by atoms with Crippen molar-refractivity contribution in [3.63, 3.8) is 0 Å². The molecule has 74 valence electrons. The molecule has 2 heterocycles. The van der Waals surface area contributed by atoms with Crippen LogP contribution >= 0.6 is 0 Å². The highest BCUT2D eigenvalue weighted by atomic mass is 19.1. The summed E-state index contributed by atoms with van der Waals surface area (Å²) in [5, 5.41) is 4.20. The molecule has 0 unspecified atom stereocenters. The number of aryl methyl sites for hydroxylation is 1. The number of aromatic nitrogens is 3. The van der Waals surface area contributed by atoms with Crippen molar-refractivity contribution in [3.05, 3.63) is 29.5 Å². The zero-order valence-corrected chi connectivity index (χ0v) is 8.45. The third-order valence-corrected chi connectivity index (χ3v) is 2.06. The number of hydrogen-bond donors (Lipinski definition) is 0. The normalized spacial score (nSPS) is 11.5. The molecule has 2 rings (SSSR count). The second kappa shape index (κ2) is 3.04. The Hall–Kier alpha value is -1.45. The molecule has 3 nitrogen and oxygen atoms in total. The molecule has 2 aromatic heterocycles. The van der Waals surface area contributed by atoms with Crippen molar-refractivity contribution >= 4 is 5.65 Å².